The third-order valence-corrected chi connectivity index (χ3v) is 10.4. The molecule has 2 aromatic carbocycles. The molecular weight excluding hydrogens is 538 g/mol. The lowest BCUT2D eigenvalue weighted by molar-refractivity contribution is 0.0313. The van der Waals surface area contributed by atoms with E-state index in [2.05, 4.69) is 45.9 Å². The zero-order valence-electron chi connectivity index (χ0n) is 23.6. The number of aliphatic hydroxyl groups excluding tert-OH is 1. The molecule has 0 saturated carbocycles. The SMILES string of the molecule is C[C@H]1CN2CCC[C@@]2(COc2nc3c4c(n2)N2CCC(O)CC2COC4CN(c2cccc4cccc(Cl)c24)C3)C1. The van der Waals surface area contributed by atoms with Gasteiger partial charge in [0.15, 0.2) is 0 Å². The number of rotatable bonds is 4. The summed E-state index contributed by atoms with van der Waals surface area (Å²) in [6.07, 6.45) is 4.49. The summed E-state index contributed by atoms with van der Waals surface area (Å²) in [5.41, 5.74) is 3.22. The van der Waals surface area contributed by atoms with Gasteiger partial charge in [0.25, 0.3) is 0 Å². The van der Waals surface area contributed by atoms with Crippen LogP contribution in [-0.4, -0.2) is 77.1 Å². The second kappa shape index (κ2) is 9.97. The fourth-order valence-electron chi connectivity index (χ4n) is 8.33. The van der Waals surface area contributed by atoms with Crippen LogP contribution < -0.4 is 14.5 Å². The van der Waals surface area contributed by atoms with Gasteiger partial charge >= 0.3 is 6.01 Å². The molecule has 8 rings (SSSR count). The quantitative estimate of drug-likeness (QED) is 0.468. The van der Waals surface area contributed by atoms with E-state index in [0.29, 0.717) is 44.7 Å². The number of fused-ring (bicyclic) bond motifs is 4. The molecule has 41 heavy (non-hydrogen) atoms. The zero-order valence-corrected chi connectivity index (χ0v) is 24.4. The zero-order chi connectivity index (χ0) is 27.7. The van der Waals surface area contributed by atoms with E-state index in [0.717, 1.165) is 64.6 Å². The standard InChI is InChI=1S/C32H38ClN5O3/c1-20-14-32(10-4-11-37(32)15-20)19-41-31-34-25-16-36(26-8-3-6-21-5-2-7-24(33)28(21)26)17-27-29(25)30(35-31)38-12-9-23(39)13-22(38)18-40-27/h2-3,5-8,20,22-23,27,39H,4,9-19H2,1H3/t20-,22?,23?,27?,32+/m1/s1. The van der Waals surface area contributed by atoms with Gasteiger partial charge in [0, 0.05) is 36.3 Å². The number of hydrogen-bond donors (Lipinski definition) is 1. The van der Waals surface area contributed by atoms with Crippen LogP contribution in [-0.2, 0) is 11.3 Å². The summed E-state index contributed by atoms with van der Waals surface area (Å²) in [5, 5.41) is 13.4. The molecule has 0 aliphatic carbocycles. The van der Waals surface area contributed by atoms with E-state index >= 15 is 0 Å². The van der Waals surface area contributed by atoms with Crippen molar-refractivity contribution >= 4 is 33.9 Å². The predicted octanol–water partition coefficient (Wildman–Crippen LogP) is 4.96. The van der Waals surface area contributed by atoms with Crippen molar-refractivity contribution in [2.24, 2.45) is 5.92 Å². The summed E-state index contributed by atoms with van der Waals surface area (Å²) in [4.78, 5) is 17.5. The summed E-state index contributed by atoms with van der Waals surface area (Å²) in [7, 11) is 0. The van der Waals surface area contributed by atoms with Gasteiger partial charge in [-0.2, -0.15) is 9.97 Å². The summed E-state index contributed by atoms with van der Waals surface area (Å²) < 4.78 is 13.2. The molecule has 8 nitrogen and oxygen atoms in total. The Labute approximate surface area is 246 Å². The van der Waals surface area contributed by atoms with Crippen molar-refractivity contribution in [2.45, 2.75) is 69.4 Å². The van der Waals surface area contributed by atoms with Crippen molar-refractivity contribution in [3.8, 4) is 6.01 Å². The lowest BCUT2D eigenvalue weighted by atomic mass is 9.92. The first-order valence-corrected chi connectivity index (χ1v) is 15.6. The van der Waals surface area contributed by atoms with Crippen LogP contribution in [0, 0.1) is 5.92 Å². The largest absolute Gasteiger partial charge is 0.461 e. The maximum absolute atomic E-state index is 10.5. The van der Waals surface area contributed by atoms with Crippen LogP contribution in [0.1, 0.15) is 56.4 Å². The van der Waals surface area contributed by atoms with Gasteiger partial charge < -0.3 is 24.4 Å². The molecule has 5 aliphatic heterocycles. The molecule has 3 fully saturated rings. The molecule has 0 bridgehead atoms. The van der Waals surface area contributed by atoms with E-state index in [1.54, 1.807) is 0 Å². The van der Waals surface area contributed by atoms with Crippen molar-refractivity contribution in [1.82, 2.24) is 14.9 Å². The predicted molar refractivity (Wildman–Crippen MR) is 160 cm³/mol. The maximum Gasteiger partial charge on any atom is 0.318 e. The highest BCUT2D eigenvalue weighted by Crippen LogP contribution is 2.45. The van der Waals surface area contributed by atoms with Crippen molar-refractivity contribution in [2.75, 3.05) is 49.2 Å². The molecule has 3 unspecified atom stereocenters. The minimum atomic E-state index is -0.312. The van der Waals surface area contributed by atoms with Crippen molar-refractivity contribution in [3.63, 3.8) is 0 Å². The lowest BCUT2D eigenvalue weighted by Crippen LogP contribution is -2.46. The van der Waals surface area contributed by atoms with Gasteiger partial charge in [0.05, 0.1) is 41.6 Å². The van der Waals surface area contributed by atoms with E-state index < -0.39 is 0 Å². The Morgan fingerprint density at radius 3 is 2.93 bits per heavy atom. The Morgan fingerprint density at radius 2 is 2.02 bits per heavy atom. The molecule has 1 aromatic heterocycles. The van der Waals surface area contributed by atoms with Crippen LogP contribution in [0.5, 0.6) is 6.01 Å². The van der Waals surface area contributed by atoms with Crippen molar-refractivity contribution in [3.05, 3.63) is 52.7 Å². The van der Waals surface area contributed by atoms with Crippen molar-refractivity contribution in [1.29, 1.82) is 0 Å². The minimum Gasteiger partial charge on any atom is -0.461 e. The minimum absolute atomic E-state index is 0.0799. The molecule has 0 amide bonds. The molecule has 3 aromatic rings. The van der Waals surface area contributed by atoms with E-state index in [-0.39, 0.29) is 23.8 Å². The van der Waals surface area contributed by atoms with Crippen LogP contribution in [0.15, 0.2) is 36.4 Å². The Hall–Kier alpha value is -2.65. The summed E-state index contributed by atoms with van der Waals surface area (Å²) in [6.45, 7) is 7.90. The normalized spacial score (nSPS) is 31.1. The number of piperidine rings is 1. The second-order valence-corrected chi connectivity index (χ2v) is 13.3. The Bertz CT molecular complexity index is 1480. The monoisotopic (exact) mass is 575 g/mol. The number of hydrogen-bond acceptors (Lipinski definition) is 8. The van der Waals surface area contributed by atoms with E-state index in [1.807, 2.05) is 12.1 Å². The van der Waals surface area contributed by atoms with Gasteiger partial charge in [-0.3, -0.25) is 4.90 Å². The molecule has 6 heterocycles. The fourth-order valence-corrected chi connectivity index (χ4v) is 8.60. The van der Waals surface area contributed by atoms with Crippen LogP contribution >= 0.6 is 11.6 Å². The molecule has 0 spiro atoms. The first-order valence-electron chi connectivity index (χ1n) is 15.2. The number of benzene rings is 2. The highest BCUT2D eigenvalue weighted by Gasteiger charge is 2.48. The van der Waals surface area contributed by atoms with Crippen LogP contribution in [0.4, 0.5) is 11.5 Å². The number of nitrogens with zero attached hydrogens (tertiary/aromatic N) is 5. The van der Waals surface area contributed by atoms with E-state index in [9.17, 15) is 5.11 Å². The first kappa shape index (κ1) is 26.0. The number of aliphatic hydroxyl groups is 1. The molecule has 216 valence electrons. The molecule has 5 atom stereocenters. The van der Waals surface area contributed by atoms with Crippen LogP contribution in [0.2, 0.25) is 5.02 Å². The highest BCUT2D eigenvalue weighted by atomic mass is 35.5. The van der Waals surface area contributed by atoms with Gasteiger partial charge in [0.1, 0.15) is 18.5 Å². The maximum atomic E-state index is 10.5. The molecule has 9 heteroatoms. The Balaban J connectivity index is 1.19. The Morgan fingerprint density at radius 1 is 1.15 bits per heavy atom. The molecule has 0 radical (unpaired) electrons. The highest BCUT2D eigenvalue weighted by molar-refractivity contribution is 6.36. The molecule has 1 N–H and O–H groups in total. The summed E-state index contributed by atoms with van der Waals surface area (Å²) >= 11 is 6.76. The molecule has 3 saturated heterocycles. The Kier molecular flexibility index (Phi) is 6.33. The summed E-state index contributed by atoms with van der Waals surface area (Å²) in [5.74, 6) is 1.62. The fraction of sp³-hybridized carbons (Fsp3) is 0.562. The first-order chi connectivity index (χ1) is 20.0. The smallest absolute Gasteiger partial charge is 0.318 e. The van der Waals surface area contributed by atoms with Gasteiger partial charge in [-0.15, -0.1) is 0 Å². The van der Waals surface area contributed by atoms with Gasteiger partial charge in [0.2, 0.25) is 0 Å². The lowest BCUT2D eigenvalue weighted by Gasteiger charge is -2.38. The topological polar surface area (TPSA) is 74.2 Å². The average molecular weight is 576 g/mol. The van der Waals surface area contributed by atoms with Gasteiger partial charge in [-0.1, -0.05) is 42.8 Å². The number of halogens is 1. The van der Waals surface area contributed by atoms with Crippen molar-refractivity contribution < 1.29 is 14.6 Å². The van der Waals surface area contributed by atoms with Crippen LogP contribution in [0.3, 0.4) is 0 Å². The van der Waals surface area contributed by atoms with Gasteiger partial charge in [-0.05, 0) is 62.1 Å². The van der Waals surface area contributed by atoms with E-state index in [1.165, 1.54) is 19.3 Å². The van der Waals surface area contributed by atoms with Gasteiger partial charge in [-0.25, -0.2) is 0 Å². The average Bonchev–Trinajstić information content (AvgIpc) is 3.44. The van der Waals surface area contributed by atoms with E-state index in [4.69, 9.17) is 31.0 Å². The number of ether oxygens (including phenoxy) is 2. The number of anilines is 2. The third-order valence-electron chi connectivity index (χ3n) is 10.1. The summed E-state index contributed by atoms with van der Waals surface area (Å²) in [6, 6.07) is 12.9. The van der Waals surface area contributed by atoms with Crippen LogP contribution in [0.25, 0.3) is 10.8 Å². The molecule has 5 aliphatic rings. The number of aromatic nitrogens is 2. The second-order valence-electron chi connectivity index (χ2n) is 12.9. The molecular formula is C32H38ClN5O3. The third kappa shape index (κ3) is 4.37.